The van der Waals surface area contributed by atoms with E-state index in [2.05, 4.69) is 126 Å². The van der Waals surface area contributed by atoms with Crippen molar-refractivity contribution in [2.24, 2.45) is 0 Å². The van der Waals surface area contributed by atoms with Gasteiger partial charge in [-0.25, -0.2) is 9.97 Å². The molecule has 4 heterocycles. The highest BCUT2D eigenvalue weighted by Gasteiger charge is 2.30. The van der Waals surface area contributed by atoms with Gasteiger partial charge in [-0.2, -0.15) is 0 Å². The Bertz CT molecular complexity index is 2930. The Labute approximate surface area is 272 Å². The van der Waals surface area contributed by atoms with E-state index in [9.17, 15) is 0 Å². The highest BCUT2D eigenvalue weighted by atomic mass is 32.1. The van der Waals surface area contributed by atoms with Crippen molar-refractivity contribution >= 4 is 92.4 Å². The lowest BCUT2D eigenvalue weighted by molar-refractivity contribution is 0.667. The first kappa shape index (κ1) is 25.2. The second-order valence-corrected chi connectivity index (χ2v) is 13.3. The van der Waals surface area contributed by atoms with E-state index in [1.807, 2.05) is 29.5 Å². The first-order valence-electron chi connectivity index (χ1n) is 15.7. The van der Waals surface area contributed by atoms with Crippen molar-refractivity contribution < 1.29 is 4.42 Å². The third-order valence-corrected chi connectivity index (χ3v) is 10.7. The highest BCUT2D eigenvalue weighted by molar-refractivity contribution is 7.25. The summed E-state index contributed by atoms with van der Waals surface area (Å²) in [5, 5.41) is 8.28. The number of hydrogen-bond acceptors (Lipinski definition) is 5. The van der Waals surface area contributed by atoms with Crippen molar-refractivity contribution in [3.8, 4) is 22.4 Å². The normalized spacial score (nSPS) is 12.6. The number of nitrogens with zero attached hydrogens (tertiary/aromatic N) is 3. The average Bonchev–Trinajstić information content (AvgIpc) is 3.69. The molecule has 0 amide bonds. The molecule has 0 radical (unpaired) electrons. The van der Waals surface area contributed by atoms with Gasteiger partial charge < -0.3 is 4.42 Å². The Kier molecular flexibility index (Phi) is 4.96. The van der Waals surface area contributed by atoms with E-state index in [0.29, 0.717) is 11.5 Å². The number of aromatic nitrogens is 2. The van der Waals surface area contributed by atoms with Gasteiger partial charge in [0.1, 0.15) is 16.8 Å². The molecule has 47 heavy (non-hydrogen) atoms. The molecule has 218 valence electrons. The van der Waals surface area contributed by atoms with Crippen LogP contribution in [-0.2, 0) is 0 Å². The Balaban J connectivity index is 1.25. The summed E-state index contributed by atoms with van der Waals surface area (Å²) < 4.78 is 9.05. The van der Waals surface area contributed by atoms with E-state index in [0.717, 1.165) is 39.1 Å². The molecular weight excluding hydrogens is 595 g/mol. The third-order valence-electron chi connectivity index (χ3n) is 9.58. The molecule has 0 N–H and O–H groups in total. The maximum absolute atomic E-state index is 6.55. The molecule has 7 aromatic carbocycles. The van der Waals surface area contributed by atoms with Crippen LogP contribution >= 0.6 is 11.3 Å². The highest BCUT2D eigenvalue weighted by Crippen LogP contribution is 2.52. The quantitative estimate of drug-likeness (QED) is 0.194. The lowest BCUT2D eigenvalue weighted by atomic mass is 9.89. The van der Waals surface area contributed by atoms with Crippen LogP contribution in [0.4, 0.5) is 17.3 Å². The Morgan fingerprint density at radius 2 is 1.28 bits per heavy atom. The van der Waals surface area contributed by atoms with Crippen LogP contribution in [0.2, 0.25) is 0 Å². The van der Waals surface area contributed by atoms with Crippen LogP contribution in [0, 0.1) is 0 Å². The van der Waals surface area contributed by atoms with E-state index < -0.39 is 0 Å². The fourth-order valence-corrected chi connectivity index (χ4v) is 8.60. The summed E-state index contributed by atoms with van der Waals surface area (Å²) in [5.41, 5.74) is 8.63. The van der Waals surface area contributed by atoms with Gasteiger partial charge in [-0.15, -0.1) is 11.3 Å². The minimum atomic E-state index is 0.619. The second-order valence-electron chi connectivity index (χ2n) is 12.2. The molecule has 5 heteroatoms. The molecule has 0 unspecified atom stereocenters. The zero-order valence-electron chi connectivity index (χ0n) is 24.9. The molecule has 0 bridgehead atoms. The summed E-state index contributed by atoms with van der Waals surface area (Å²) >= 11 is 1.81. The Morgan fingerprint density at radius 1 is 0.532 bits per heavy atom. The zero-order valence-corrected chi connectivity index (χ0v) is 25.8. The third kappa shape index (κ3) is 3.52. The summed E-state index contributed by atoms with van der Waals surface area (Å²) in [6, 6.07) is 49.6. The summed E-state index contributed by atoms with van der Waals surface area (Å²) in [5.74, 6) is 0.619. The van der Waals surface area contributed by atoms with Crippen molar-refractivity contribution in [2.45, 2.75) is 0 Å². The van der Waals surface area contributed by atoms with Gasteiger partial charge in [0.15, 0.2) is 5.58 Å². The number of benzene rings is 7. The molecule has 1 aliphatic heterocycles. The number of thiophene rings is 1. The van der Waals surface area contributed by atoms with Gasteiger partial charge in [0.05, 0.1) is 11.4 Å². The summed E-state index contributed by atoms with van der Waals surface area (Å²) in [6.07, 6.45) is 0. The first-order chi connectivity index (χ1) is 23.3. The van der Waals surface area contributed by atoms with Crippen LogP contribution in [0.3, 0.4) is 0 Å². The lowest BCUT2D eigenvalue weighted by Crippen LogP contribution is -2.18. The van der Waals surface area contributed by atoms with Crippen molar-refractivity contribution in [2.75, 3.05) is 4.90 Å². The molecule has 0 spiro atoms. The molecule has 0 saturated carbocycles. The van der Waals surface area contributed by atoms with Crippen molar-refractivity contribution in [3.63, 3.8) is 0 Å². The summed E-state index contributed by atoms with van der Waals surface area (Å²) in [6.45, 7) is 0. The van der Waals surface area contributed by atoms with Gasteiger partial charge in [0, 0.05) is 42.1 Å². The van der Waals surface area contributed by atoms with Crippen LogP contribution in [0.15, 0.2) is 144 Å². The number of furan rings is 1. The Morgan fingerprint density at radius 3 is 2.19 bits per heavy atom. The zero-order chi connectivity index (χ0) is 30.6. The SMILES string of the molecule is c1ccc2cc3c(cc2c1)-c1cccc2cccc(c12)N3c1nc(-c2ccc3c(c2)sc2ccccc23)c2oc3ccccc3c2n1. The van der Waals surface area contributed by atoms with E-state index in [1.54, 1.807) is 0 Å². The van der Waals surface area contributed by atoms with Gasteiger partial charge >= 0.3 is 0 Å². The number of fused-ring (bicyclic) bond motifs is 9. The first-order valence-corrected chi connectivity index (χ1v) is 16.6. The predicted molar refractivity (Wildman–Crippen MR) is 196 cm³/mol. The van der Waals surface area contributed by atoms with Gasteiger partial charge in [-0.1, -0.05) is 97.1 Å². The minimum absolute atomic E-state index is 0.619. The van der Waals surface area contributed by atoms with Crippen LogP contribution in [0.5, 0.6) is 0 Å². The van der Waals surface area contributed by atoms with Crippen molar-refractivity contribution in [1.29, 1.82) is 0 Å². The standard InChI is InChI=1S/C42H23N3OS/c1-2-10-26-22-34-32(21-25(26)9-1)30-15-7-11-24-12-8-16-33(38(24)30)45(34)42-43-39(41-40(44-42)31-14-3-5-17-35(31)46-41)27-19-20-29-28-13-4-6-18-36(28)47-37(29)23-27/h1-23H. The molecule has 0 aliphatic carbocycles. The van der Waals surface area contributed by atoms with Crippen molar-refractivity contribution in [3.05, 3.63) is 140 Å². The smallest absolute Gasteiger partial charge is 0.236 e. The number of hydrogen-bond donors (Lipinski definition) is 0. The molecule has 10 aromatic rings. The molecule has 0 saturated heterocycles. The van der Waals surface area contributed by atoms with E-state index in [4.69, 9.17) is 14.4 Å². The van der Waals surface area contributed by atoms with E-state index in [1.165, 1.54) is 52.8 Å². The van der Waals surface area contributed by atoms with Crippen LogP contribution < -0.4 is 4.90 Å². The molecular formula is C42H23N3OS. The topological polar surface area (TPSA) is 42.2 Å². The van der Waals surface area contributed by atoms with E-state index in [-0.39, 0.29) is 0 Å². The molecule has 1 aliphatic rings. The molecule has 11 rings (SSSR count). The van der Waals surface area contributed by atoms with Crippen LogP contribution in [0.25, 0.3) is 86.2 Å². The molecule has 3 aromatic heterocycles. The predicted octanol–water partition coefficient (Wildman–Crippen LogP) is 12.2. The van der Waals surface area contributed by atoms with Crippen LogP contribution in [0.1, 0.15) is 0 Å². The maximum Gasteiger partial charge on any atom is 0.236 e. The van der Waals surface area contributed by atoms with Gasteiger partial charge in [-0.05, 0) is 64.2 Å². The molecule has 0 atom stereocenters. The summed E-state index contributed by atoms with van der Waals surface area (Å²) in [7, 11) is 0. The van der Waals surface area contributed by atoms with Gasteiger partial charge in [0.25, 0.3) is 0 Å². The number of para-hydroxylation sites is 1. The lowest BCUT2D eigenvalue weighted by Gasteiger charge is -2.32. The minimum Gasteiger partial charge on any atom is -0.452 e. The van der Waals surface area contributed by atoms with E-state index >= 15 is 0 Å². The summed E-state index contributed by atoms with van der Waals surface area (Å²) in [4.78, 5) is 13.0. The van der Waals surface area contributed by atoms with Crippen molar-refractivity contribution in [1.82, 2.24) is 9.97 Å². The largest absolute Gasteiger partial charge is 0.452 e. The number of rotatable bonds is 2. The average molecular weight is 618 g/mol. The van der Waals surface area contributed by atoms with Gasteiger partial charge in [0.2, 0.25) is 5.95 Å². The maximum atomic E-state index is 6.55. The second kappa shape index (κ2) is 9.25. The molecule has 0 fully saturated rings. The van der Waals surface area contributed by atoms with Crippen LogP contribution in [-0.4, -0.2) is 9.97 Å². The van der Waals surface area contributed by atoms with Gasteiger partial charge in [-0.3, -0.25) is 4.90 Å². The Hall–Kier alpha value is -6.04. The monoisotopic (exact) mass is 617 g/mol. The molecule has 4 nitrogen and oxygen atoms in total. The number of anilines is 3. The fourth-order valence-electron chi connectivity index (χ4n) is 7.45. The fraction of sp³-hybridized carbons (Fsp3) is 0.